The molecule has 110 valence electrons. The predicted octanol–water partition coefficient (Wildman–Crippen LogP) is 1.70. The number of urea groups is 1. The second kappa shape index (κ2) is 7.44. The standard InChI is InChI=1S/C13H17FN2O4/c1-9-7-10(14)3-4-11(9)15-13(19)16(5-6-20-2)8-12(17)18/h3-4,7H,5-6,8H2,1-2H3,(H,15,19)(H,17,18). The molecule has 0 fully saturated rings. The highest BCUT2D eigenvalue weighted by Gasteiger charge is 2.17. The summed E-state index contributed by atoms with van der Waals surface area (Å²) in [5.41, 5.74) is 0.990. The number of carbonyl (C=O) groups is 2. The van der Waals surface area contributed by atoms with Gasteiger partial charge in [-0.05, 0) is 30.7 Å². The first kappa shape index (κ1) is 15.9. The molecule has 1 aromatic carbocycles. The minimum atomic E-state index is -1.12. The van der Waals surface area contributed by atoms with Crippen molar-refractivity contribution < 1.29 is 23.8 Å². The number of aliphatic carboxylic acids is 1. The van der Waals surface area contributed by atoms with Crippen molar-refractivity contribution in [1.29, 1.82) is 0 Å². The van der Waals surface area contributed by atoms with Gasteiger partial charge in [0.1, 0.15) is 12.4 Å². The lowest BCUT2D eigenvalue weighted by Gasteiger charge is -2.21. The fraction of sp³-hybridized carbons (Fsp3) is 0.385. The lowest BCUT2D eigenvalue weighted by atomic mass is 10.2. The highest BCUT2D eigenvalue weighted by atomic mass is 19.1. The maximum absolute atomic E-state index is 13.0. The molecule has 0 heterocycles. The predicted molar refractivity (Wildman–Crippen MR) is 71.2 cm³/mol. The van der Waals surface area contributed by atoms with Gasteiger partial charge in [0.15, 0.2) is 0 Å². The van der Waals surface area contributed by atoms with Gasteiger partial charge >= 0.3 is 12.0 Å². The lowest BCUT2D eigenvalue weighted by molar-refractivity contribution is -0.137. The third-order valence-corrected chi connectivity index (χ3v) is 2.61. The first-order chi connectivity index (χ1) is 9.43. The number of amides is 2. The summed E-state index contributed by atoms with van der Waals surface area (Å²) in [5, 5.41) is 11.3. The number of carboxylic acid groups (broad SMARTS) is 1. The Morgan fingerprint density at radius 1 is 1.45 bits per heavy atom. The lowest BCUT2D eigenvalue weighted by Crippen LogP contribution is -2.40. The highest BCUT2D eigenvalue weighted by molar-refractivity contribution is 5.92. The zero-order valence-electron chi connectivity index (χ0n) is 11.4. The highest BCUT2D eigenvalue weighted by Crippen LogP contribution is 2.16. The van der Waals surface area contributed by atoms with Crippen molar-refractivity contribution in [2.45, 2.75) is 6.92 Å². The van der Waals surface area contributed by atoms with Crippen LogP contribution >= 0.6 is 0 Å². The van der Waals surface area contributed by atoms with E-state index in [9.17, 15) is 14.0 Å². The normalized spacial score (nSPS) is 10.2. The molecule has 2 N–H and O–H groups in total. The van der Waals surface area contributed by atoms with Crippen molar-refractivity contribution >= 4 is 17.7 Å². The summed E-state index contributed by atoms with van der Waals surface area (Å²) in [6.45, 7) is 1.59. The van der Waals surface area contributed by atoms with E-state index in [1.165, 1.54) is 25.3 Å². The van der Waals surface area contributed by atoms with E-state index in [0.717, 1.165) is 4.90 Å². The second-order valence-corrected chi connectivity index (χ2v) is 4.20. The number of hydrogen-bond donors (Lipinski definition) is 2. The summed E-state index contributed by atoms with van der Waals surface area (Å²) in [7, 11) is 1.46. The molecular weight excluding hydrogens is 267 g/mol. The van der Waals surface area contributed by atoms with Gasteiger partial charge in [0.25, 0.3) is 0 Å². The zero-order valence-corrected chi connectivity index (χ0v) is 11.4. The van der Waals surface area contributed by atoms with E-state index >= 15 is 0 Å². The minimum Gasteiger partial charge on any atom is -0.480 e. The largest absolute Gasteiger partial charge is 0.480 e. The summed E-state index contributed by atoms with van der Waals surface area (Å²) < 4.78 is 17.8. The fourth-order valence-corrected chi connectivity index (χ4v) is 1.58. The number of halogens is 1. The fourth-order valence-electron chi connectivity index (χ4n) is 1.58. The van der Waals surface area contributed by atoms with Crippen LogP contribution in [0.2, 0.25) is 0 Å². The van der Waals surface area contributed by atoms with Gasteiger partial charge in [-0.1, -0.05) is 0 Å². The Morgan fingerprint density at radius 3 is 2.70 bits per heavy atom. The number of anilines is 1. The van der Waals surface area contributed by atoms with Gasteiger partial charge in [0, 0.05) is 19.3 Å². The number of carbonyl (C=O) groups excluding carboxylic acids is 1. The average Bonchev–Trinajstić information content (AvgIpc) is 2.37. The summed E-state index contributed by atoms with van der Waals surface area (Å²) in [5.74, 6) is -1.52. The molecule has 0 saturated heterocycles. The molecule has 1 rings (SSSR count). The Hall–Kier alpha value is -2.15. The van der Waals surface area contributed by atoms with Gasteiger partial charge in [-0.2, -0.15) is 0 Å². The van der Waals surface area contributed by atoms with Crippen LogP contribution in [0.5, 0.6) is 0 Å². The minimum absolute atomic E-state index is 0.148. The van der Waals surface area contributed by atoms with Crippen molar-refractivity contribution in [2.24, 2.45) is 0 Å². The molecule has 0 bridgehead atoms. The van der Waals surface area contributed by atoms with Crippen molar-refractivity contribution in [3.8, 4) is 0 Å². The molecule has 2 amide bonds. The molecule has 0 radical (unpaired) electrons. The smallest absolute Gasteiger partial charge is 0.323 e. The molecule has 0 aliphatic heterocycles. The first-order valence-corrected chi connectivity index (χ1v) is 5.97. The third kappa shape index (κ3) is 4.85. The molecule has 0 aliphatic carbocycles. The number of nitrogens with one attached hydrogen (secondary N) is 1. The van der Waals surface area contributed by atoms with Crippen LogP contribution in [0.3, 0.4) is 0 Å². The van der Waals surface area contributed by atoms with Crippen LogP contribution in [0.4, 0.5) is 14.9 Å². The number of methoxy groups -OCH3 is 1. The SMILES string of the molecule is COCCN(CC(=O)O)C(=O)Nc1ccc(F)cc1C. The van der Waals surface area contributed by atoms with Gasteiger partial charge in [-0.3, -0.25) is 4.79 Å². The number of aryl methyl sites for hydroxylation is 1. The van der Waals surface area contributed by atoms with Crippen molar-refractivity contribution in [3.05, 3.63) is 29.6 Å². The molecule has 7 heteroatoms. The first-order valence-electron chi connectivity index (χ1n) is 5.97. The van der Waals surface area contributed by atoms with E-state index in [4.69, 9.17) is 9.84 Å². The number of ether oxygens (including phenoxy) is 1. The van der Waals surface area contributed by atoms with Gasteiger partial charge in [-0.25, -0.2) is 9.18 Å². The summed E-state index contributed by atoms with van der Waals surface area (Å²) >= 11 is 0. The number of benzene rings is 1. The van der Waals surface area contributed by atoms with Crippen LogP contribution < -0.4 is 5.32 Å². The van der Waals surface area contributed by atoms with Gasteiger partial charge in [-0.15, -0.1) is 0 Å². The quantitative estimate of drug-likeness (QED) is 0.833. The van der Waals surface area contributed by atoms with Crippen molar-refractivity contribution in [3.63, 3.8) is 0 Å². The van der Waals surface area contributed by atoms with Crippen molar-refractivity contribution in [1.82, 2.24) is 4.90 Å². The molecule has 0 saturated carbocycles. The number of rotatable bonds is 6. The Morgan fingerprint density at radius 2 is 2.15 bits per heavy atom. The van der Waals surface area contributed by atoms with Gasteiger partial charge in [0.05, 0.1) is 6.61 Å². The Labute approximate surface area is 116 Å². The topological polar surface area (TPSA) is 78.9 Å². The number of hydrogen-bond acceptors (Lipinski definition) is 3. The molecule has 0 aliphatic rings. The van der Waals surface area contributed by atoms with E-state index in [-0.39, 0.29) is 13.2 Å². The maximum Gasteiger partial charge on any atom is 0.323 e. The molecule has 20 heavy (non-hydrogen) atoms. The molecule has 0 aromatic heterocycles. The van der Waals surface area contributed by atoms with E-state index in [1.807, 2.05) is 0 Å². The van der Waals surface area contributed by atoms with Crippen LogP contribution in [-0.2, 0) is 9.53 Å². The number of carboxylic acids is 1. The molecular formula is C13H17FN2O4. The van der Waals surface area contributed by atoms with E-state index in [0.29, 0.717) is 11.3 Å². The average molecular weight is 284 g/mol. The summed E-state index contributed by atoms with van der Waals surface area (Å²) in [6, 6.07) is 3.36. The second-order valence-electron chi connectivity index (χ2n) is 4.20. The van der Waals surface area contributed by atoms with Crippen LogP contribution in [-0.4, -0.2) is 48.8 Å². The van der Waals surface area contributed by atoms with Crippen LogP contribution in [0, 0.1) is 12.7 Å². The van der Waals surface area contributed by atoms with Crippen molar-refractivity contribution in [2.75, 3.05) is 32.1 Å². The van der Waals surface area contributed by atoms with Gasteiger partial charge < -0.3 is 20.1 Å². The molecule has 0 atom stereocenters. The zero-order chi connectivity index (χ0) is 15.1. The van der Waals surface area contributed by atoms with Crippen LogP contribution in [0.25, 0.3) is 0 Å². The Kier molecular flexibility index (Phi) is 5.92. The van der Waals surface area contributed by atoms with E-state index < -0.39 is 24.4 Å². The monoisotopic (exact) mass is 284 g/mol. The Bertz CT molecular complexity index is 493. The van der Waals surface area contributed by atoms with Crippen LogP contribution in [0.1, 0.15) is 5.56 Å². The summed E-state index contributed by atoms with van der Waals surface area (Å²) in [4.78, 5) is 23.8. The van der Waals surface area contributed by atoms with E-state index in [2.05, 4.69) is 5.32 Å². The van der Waals surface area contributed by atoms with Gasteiger partial charge in [0.2, 0.25) is 0 Å². The molecule has 1 aromatic rings. The number of nitrogens with zero attached hydrogens (tertiary/aromatic N) is 1. The summed E-state index contributed by atoms with van der Waals surface area (Å²) in [6.07, 6.45) is 0. The molecule has 6 nitrogen and oxygen atoms in total. The third-order valence-electron chi connectivity index (χ3n) is 2.61. The molecule has 0 spiro atoms. The maximum atomic E-state index is 13.0. The molecule has 0 unspecified atom stereocenters. The van der Waals surface area contributed by atoms with Crippen LogP contribution in [0.15, 0.2) is 18.2 Å². The Balaban J connectivity index is 2.76. The van der Waals surface area contributed by atoms with E-state index in [1.54, 1.807) is 6.92 Å².